The summed E-state index contributed by atoms with van der Waals surface area (Å²) < 4.78 is 38.6. The molecule has 0 aliphatic heterocycles. The summed E-state index contributed by atoms with van der Waals surface area (Å²) in [6.07, 6.45) is -5.02. The Hall–Kier alpha value is -0.760. The van der Waals surface area contributed by atoms with Crippen LogP contribution in [0.5, 0.6) is 0 Å². The molecule has 0 aromatic rings. The summed E-state index contributed by atoms with van der Waals surface area (Å²) in [6.45, 7) is 0.239. The SMILES string of the molecule is CCC(C#N)OCC(F)(F)F. The molecule has 0 radical (unpaired) electrons. The number of rotatable bonds is 3. The van der Waals surface area contributed by atoms with Gasteiger partial charge in [0.25, 0.3) is 0 Å². The van der Waals surface area contributed by atoms with Crippen molar-refractivity contribution in [1.29, 1.82) is 5.26 Å². The van der Waals surface area contributed by atoms with Crippen LogP contribution in [0.3, 0.4) is 0 Å². The number of nitriles is 1. The minimum atomic E-state index is -4.34. The van der Waals surface area contributed by atoms with Gasteiger partial charge in [-0.2, -0.15) is 18.4 Å². The number of alkyl halides is 3. The maximum atomic E-state index is 11.5. The predicted octanol–water partition coefficient (Wildman–Crippen LogP) is 1.87. The second-order valence-corrected chi connectivity index (χ2v) is 1.95. The van der Waals surface area contributed by atoms with Crippen LogP contribution in [0, 0.1) is 11.3 Å². The number of halogens is 3. The fourth-order valence-electron chi connectivity index (χ4n) is 0.441. The molecule has 11 heavy (non-hydrogen) atoms. The van der Waals surface area contributed by atoms with E-state index in [2.05, 4.69) is 4.74 Å². The molecule has 0 aliphatic rings. The molecule has 0 saturated carbocycles. The van der Waals surface area contributed by atoms with Gasteiger partial charge >= 0.3 is 6.18 Å². The molecule has 1 atom stereocenters. The van der Waals surface area contributed by atoms with Crippen LogP contribution in [0.15, 0.2) is 0 Å². The van der Waals surface area contributed by atoms with Gasteiger partial charge in [-0.05, 0) is 6.42 Å². The second-order valence-electron chi connectivity index (χ2n) is 1.95. The lowest BCUT2D eigenvalue weighted by molar-refractivity contribution is -0.180. The molecule has 2 nitrogen and oxygen atoms in total. The van der Waals surface area contributed by atoms with Crippen molar-refractivity contribution in [2.45, 2.75) is 25.6 Å². The summed E-state index contributed by atoms with van der Waals surface area (Å²) >= 11 is 0. The maximum Gasteiger partial charge on any atom is 0.411 e. The molecular weight excluding hydrogens is 159 g/mol. The minimum absolute atomic E-state index is 0.270. The number of hydrogen-bond acceptors (Lipinski definition) is 2. The third kappa shape index (κ3) is 5.67. The van der Waals surface area contributed by atoms with E-state index in [-0.39, 0.29) is 6.42 Å². The van der Waals surface area contributed by atoms with Crippen LogP contribution in [-0.2, 0) is 4.74 Å². The van der Waals surface area contributed by atoms with Gasteiger partial charge in [-0.3, -0.25) is 0 Å². The fraction of sp³-hybridized carbons (Fsp3) is 0.833. The normalized spacial score (nSPS) is 14.1. The molecule has 0 bridgehead atoms. The van der Waals surface area contributed by atoms with Crippen molar-refractivity contribution < 1.29 is 17.9 Å². The predicted molar refractivity (Wildman–Crippen MR) is 31.7 cm³/mol. The fourth-order valence-corrected chi connectivity index (χ4v) is 0.441. The Morgan fingerprint density at radius 3 is 2.36 bits per heavy atom. The zero-order chi connectivity index (χ0) is 8.91. The average Bonchev–Trinajstić information content (AvgIpc) is 1.88. The monoisotopic (exact) mass is 167 g/mol. The Labute approximate surface area is 62.6 Å². The first-order valence-electron chi connectivity index (χ1n) is 3.07. The number of hydrogen-bond donors (Lipinski definition) is 0. The molecule has 5 heteroatoms. The second kappa shape index (κ2) is 4.19. The van der Waals surface area contributed by atoms with Crippen molar-refractivity contribution >= 4 is 0 Å². The van der Waals surface area contributed by atoms with Gasteiger partial charge in [0, 0.05) is 0 Å². The van der Waals surface area contributed by atoms with Crippen LogP contribution in [0.2, 0.25) is 0 Å². The van der Waals surface area contributed by atoms with E-state index < -0.39 is 18.9 Å². The zero-order valence-electron chi connectivity index (χ0n) is 5.98. The smallest absolute Gasteiger partial charge is 0.354 e. The van der Waals surface area contributed by atoms with Crippen LogP contribution < -0.4 is 0 Å². The van der Waals surface area contributed by atoms with Crippen LogP contribution in [0.25, 0.3) is 0 Å². The highest BCUT2D eigenvalue weighted by atomic mass is 19.4. The summed E-state index contributed by atoms with van der Waals surface area (Å²) in [5.41, 5.74) is 0. The molecule has 0 aromatic carbocycles. The first-order valence-corrected chi connectivity index (χ1v) is 3.07. The minimum Gasteiger partial charge on any atom is -0.354 e. The summed E-state index contributed by atoms with van der Waals surface area (Å²) in [7, 11) is 0. The Balaban J connectivity index is 3.62. The molecule has 0 saturated heterocycles. The molecule has 0 spiro atoms. The highest BCUT2D eigenvalue weighted by Gasteiger charge is 2.28. The highest BCUT2D eigenvalue weighted by molar-refractivity contribution is 4.82. The van der Waals surface area contributed by atoms with E-state index in [1.165, 1.54) is 0 Å². The summed E-state index contributed by atoms with van der Waals surface area (Å²) in [5, 5.41) is 8.18. The number of ether oxygens (including phenoxy) is 1. The largest absolute Gasteiger partial charge is 0.411 e. The van der Waals surface area contributed by atoms with E-state index >= 15 is 0 Å². The lowest BCUT2D eigenvalue weighted by Gasteiger charge is -2.09. The van der Waals surface area contributed by atoms with Crippen LogP contribution in [0.1, 0.15) is 13.3 Å². The van der Waals surface area contributed by atoms with Crippen molar-refractivity contribution in [2.75, 3.05) is 6.61 Å². The molecule has 0 aliphatic carbocycles. The van der Waals surface area contributed by atoms with Gasteiger partial charge in [-0.15, -0.1) is 0 Å². The first-order chi connectivity index (χ1) is 4.99. The van der Waals surface area contributed by atoms with E-state index in [1.54, 1.807) is 13.0 Å². The molecule has 0 aromatic heterocycles. The van der Waals surface area contributed by atoms with E-state index in [4.69, 9.17) is 5.26 Å². The zero-order valence-corrected chi connectivity index (χ0v) is 5.98. The third-order valence-corrected chi connectivity index (χ3v) is 0.963. The van der Waals surface area contributed by atoms with Gasteiger partial charge in [0.15, 0.2) is 0 Å². The van der Waals surface area contributed by atoms with Gasteiger partial charge in [0.05, 0.1) is 6.07 Å². The highest BCUT2D eigenvalue weighted by Crippen LogP contribution is 2.15. The van der Waals surface area contributed by atoms with Crippen molar-refractivity contribution in [3.63, 3.8) is 0 Å². The topological polar surface area (TPSA) is 33.0 Å². The summed E-state index contributed by atoms with van der Waals surface area (Å²) in [4.78, 5) is 0. The van der Waals surface area contributed by atoms with Crippen molar-refractivity contribution in [1.82, 2.24) is 0 Å². The van der Waals surface area contributed by atoms with Crippen LogP contribution in [0.4, 0.5) is 13.2 Å². The molecule has 0 heterocycles. The molecule has 1 unspecified atom stereocenters. The third-order valence-electron chi connectivity index (χ3n) is 0.963. The van der Waals surface area contributed by atoms with E-state index in [9.17, 15) is 13.2 Å². The number of nitrogens with zero attached hydrogens (tertiary/aromatic N) is 1. The molecule has 0 amide bonds. The van der Waals surface area contributed by atoms with Gasteiger partial charge < -0.3 is 4.74 Å². The molecule has 0 rings (SSSR count). The Bertz CT molecular complexity index is 149. The summed E-state index contributed by atoms with van der Waals surface area (Å²) in [6, 6.07) is 1.60. The average molecular weight is 167 g/mol. The lowest BCUT2D eigenvalue weighted by atomic mass is 10.3. The van der Waals surface area contributed by atoms with Crippen molar-refractivity contribution in [2.24, 2.45) is 0 Å². The van der Waals surface area contributed by atoms with E-state index in [0.717, 1.165) is 0 Å². The standard InChI is InChI=1S/C6H8F3NO/c1-2-5(3-10)11-4-6(7,8)9/h5H,2,4H2,1H3. The van der Waals surface area contributed by atoms with Gasteiger partial charge in [0.1, 0.15) is 12.7 Å². The molecular formula is C6H8F3NO. The van der Waals surface area contributed by atoms with Crippen molar-refractivity contribution in [3.05, 3.63) is 0 Å². The van der Waals surface area contributed by atoms with Gasteiger partial charge in [0.2, 0.25) is 0 Å². The Kier molecular flexibility index (Phi) is 3.90. The van der Waals surface area contributed by atoms with Gasteiger partial charge in [-0.1, -0.05) is 6.92 Å². The quantitative estimate of drug-likeness (QED) is 0.642. The first kappa shape index (κ1) is 10.2. The molecule has 64 valence electrons. The van der Waals surface area contributed by atoms with E-state index in [0.29, 0.717) is 0 Å². The lowest BCUT2D eigenvalue weighted by Crippen LogP contribution is -2.21. The van der Waals surface area contributed by atoms with Crippen LogP contribution in [-0.4, -0.2) is 18.9 Å². The maximum absolute atomic E-state index is 11.5. The Morgan fingerprint density at radius 2 is 2.09 bits per heavy atom. The van der Waals surface area contributed by atoms with Gasteiger partial charge in [-0.25, -0.2) is 0 Å². The Morgan fingerprint density at radius 1 is 1.55 bits per heavy atom. The molecule has 0 fully saturated rings. The summed E-state index contributed by atoms with van der Waals surface area (Å²) in [5.74, 6) is 0. The van der Waals surface area contributed by atoms with Crippen LogP contribution >= 0.6 is 0 Å². The van der Waals surface area contributed by atoms with E-state index in [1.807, 2.05) is 0 Å². The van der Waals surface area contributed by atoms with Crippen molar-refractivity contribution in [3.8, 4) is 6.07 Å². The molecule has 0 N–H and O–H groups in total.